The largest absolute Gasteiger partial charge is 0.462 e. The molecule has 0 saturated heterocycles. The first kappa shape index (κ1) is 13.1. The summed E-state index contributed by atoms with van der Waals surface area (Å²) < 4.78 is 5.02. The summed E-state index contributed by atoms with van der Waals surface area (Å²) in [6.45, 7) is 2.42. The van der Waals surface area contributed by atoms with Gasteiger partial charge in [-0.25, -0.2) is 4.79 Å². The highest BCUT2D eigenvalue weighted by molar-refractivity contribution is 6.43. The van der Waals surface area contributed by atoms with Crippen molar-refractivity contribution in [2.24, 2.45) is 0 Å². The molecule has 0 aliphatic carbocycles. The Morgan fingerprint density at radius 3 is 2.69 bits per heavy atom. The van der Waals surface area contributed by atoms with E-state index in [1.807, 2.05) is 6.92 Å². The van der Waals surface area contributed by atoms with E-state index >= 15 is 0 Å². The number of carbonyl (C=O) groups excluding carboxylic acids is 1. The SMILES string of the molecule is CCCCOC(=O)c1cc(N)c(Cl)c(Cl)c1. The Hall–Kier alpha value is -0.930. The molecule has 0 heterocycles. The average Bonchev–Trinajstić information content (AvgIpc) is 2.25. The molecule has 0 radical (unpaired) electrons. The average molecular weight is 262 g/mol. The number of nitrogen functional groups attached to an aromatic ring is 1. The lowest BCUT2D eigenvalue weighted by Gasteiger charge is -2.06. The Bertz CT molecular complexity index is 371. The number of nitrogens with two attached hydrogens (primary N) is 1. The van der Waals surface area contributed by atoms with Crippen molar-refractivity contribution >= 4 is 34.9 Å². The summed E-state index contributed by atoms with van der Waals surface area (Å²) in [5, 5.41) is 0.510. The summed E-state index contributed by atoms with van der Waals surface area (Å²) >= 11 is 11.6. The molecule has 1 rings (SSSR count). The highest BCUT2D eigenvalue weighted by Gasteiger charge is 2.12. The molecule has 0 aliphatic heterocycles. The van der Waals surface area contributed by atoms with Crippen LogP contribution in [0.4, 0.5) is 5.69 Å². The van der Waals surface area contributed by atoms with Gasteiger partial charge in [-0.05, 0) is 18.6 Å². The Labute approximate surface area is 104 Å². The fourth-order valence-electron chi connectivity index (χ4n) is 1.12. The van der Waals surface area contributed by atoms with Gasteiger partial charge in [0.1, 0.15) is 0 Å². The molecular weight excluding hydrogens is 249 g/mol. The maximum atomic E-state index is 11.6. The lowest BCUT2D eigenvalue weighted by molar-refractivity contribution is 0.0500. The van der Waals surface area contributed by atoms with Gasteiger partial charge in [-0.3, -0.25) is 0 Å². The van der Waals surface area contributed by atoms with Crippen LogP contribution < -0.4 is 5.73 Å². The van der Waals surface area contributed by atoms with Crippen LogP contribution in [0.25, 0.3) is 0 Å². The summed E-state index contributed by atoms with van der Waals surface area (Å²) in [6, 6.07) is 2.91. The van der Waals surface area contributed by atoms with Gasteiger partial charge in [0.25, 0.3) is 0 Å². The maximum absolute atomic E-state index is 11.6. The highest BCUT2D eigenvalue weighted by atomic mass is 35.5. The lowest BCUT2D eigenvalue weighted by Crippen LogP contribution is -2.07. The molecule has 0 bridgehead atoms. The van der Waals surface area contributed by atoms with E-state index in [4.69, 9.17) is 33.7 Å². The van der Waals surface area contributed by atoms with Crippen LogP contribution in [-0.2, 0) is 4.74 Å². The van der Waals surface area contributed by atoms with Crippen LogP contribution in [0.15, 0.2) is 12.1 Å². The van der Waals surface area contributed by atoms with E-state index in [-0.39, 0.29) is 15.7 Å². The Kier molecular flexibility index (Phi) is 4.90. The van der Waals surface area contributed by atoms with Gasteiger partial charge in [0.15, 0.2) is 0 Å². The number of unbranched alkanes of at least 4 members (excludes halogenated alkanes) is 1. The number of hydrogen-bond acceptors (Lipinski definition) is 3. The third kappa shape index (κ3) is 3.29. The second-order valence-corrected chi connectivity index (χ2v) is 4.14. The number of halogens is 2. The minimum absolute atomic E-state index is 0.254. The minimum Gasteiger partial charge on any atom is -0.462 e. The molecule has 5 heteroatoms. The molecule has 3 nitrogen and oxygen atoms in total. The summed E-state index contributed by atoms with van der Waals surface area (Å²) in [5.41, 5.74) is 6.19. The Morgan fingerprint density at radius 2 is 2.12 bits per heavy atom. The van der Waals surface area contributed by atoms with Crippen molar-refractivity contribution in [2.45, 2.75) is 19.8 Å². The van der Waals surface area contributed by atoms with Crippen LogP contribution in [-0.4, -0.2) is 12.6 Å². The normalized spacial score (nSPS) is 10.2. The zero-order chi connectivity index (χ0) is 12.1. The van der Waals surface area contributed by atoms with Crippen LogP contribution in [0.1, 0.15) is 30.1 Å². The van der Waals surface area contributed by atoms with Crippen LogP contribution in [0.2, 0.25) is 10.0 Å². The zero-order valence-electron chi connectivity index (χ0n) is 8.93. The predicted molar refractivity (Wildman–Crippen MR) is 66.1 cm³/mol. The second-order valence-electron chi connectivity index (χ2n) is 3.35. The fourth-order valence-corrected chi connectivity index (χ4v) is 1.46. The lowest BCUT2D eigenvalue weighted by atomic mass is 10.2. The van der Waals surface area contributed by atoms with Crippen molar-refractivity contribution in [3.63, 3.8) is 0 Å². The first-order chi connectivity index (χ1) is 7.56. The third-order valence-electron chi connectivity index (χ3n) is 2.02. The Balaban J connectivity index is 2.76. The first-order valence-corrected chi connectivity index (χ1v) is 5.73. The van der Waals surface area contributed by atoms with Gasteiger partial charge in [-0.15, -0.1) is 0 Å². The predicted octanol–water partition coefficient (Wildman–Crippen LogP) is 3.53. The van der Waals surface area contributed by atoms with Gasteiger partial charge in [-0.1, -0.05) is 36.5 Å². The van der Waals surface area contributed by atoms with Crippen molar-refractivity contribution in [3.05, 3.63) is 27.7 Å². The number of benzene rings is 1. The molecule has 1 aromatic carbocycles. The molecule has 0 aliphatic rings. The quantitative estimate of drug-likeness (QED) is 0.513. The number of carbonyl (C=O) groups is 1. The molecule has 0 atom stereocenters. The molecule has 0 spiro atoms. The highest BCUT2D eigenvalue weighted by Crippen LogP contribution is 2.29. The number of anilines is 1. The topological polar surface area (TPSA) is 52.3 Å². The third-order valence-corrected chi connectivity index (χ3v) is 2.84. The van der Waals surface area contributed by atoms with Gasteiger partial charge in [0.05, 0.1) is 27.9 Å². The van der Waals surface area contributed by atoms with Crippen molar-refractivity contribution in [1.29, 1.82) is 0 Å². The van der Waals surface area contributed by atoms with Crippen LogP contribution in [0.3, 0.4) is 0 Å². The number of hydrogen-bond donors (Lipinski definition) is 1. The van der Waals surface area contributed by atoms with E-state index in [9.17, 15) is 4.79 Å². The van der Waals surface area contributed by atoms with Gasteiger partial charge in [0, 0.05) is 0 Å². The molecule has 2 N–H and O–H groups in total. The van der Waals surface area contributed by atoms with E-state index in [0.717, 1.165) is 12.8 Å². The van der Waals surface area contributed by atoms with Crippen molar-refractivity contribution in [1.82, 2.24) is 0 Å². The number of rotatable bonds is 4. The molecule has 0 fully saturated rings. The first-order valence-electron chi connectivity index (χ1n) is 4.98. The number of ether oxygens (including phenoxy) is 1. The maximum Gasteiger partial charge on any atom is 0.338 e. The van der Waals surface area contributed by atoms with E-state index in [1.165, 1.54) is 12.1 Å². The second kappa shape index (κ2) is 5.97. The smallest absolute Gasteiger partial charge is 0.338 e. The monoisotopic (exact) mass is 261 g/mol. The van der Waals surface area contributed by atoms with E-state index < -0.39 is 5.97 Å². The molecule has 0 unspecified atom stereocenters. The summed E-state index contributed by atoms with van der Waals surface area (Å²) in [7, 11) is 0. The molecule has 0 saturated carbocycles. The molecule has 16 heavy (non-hydrogen) atoms. The van der Waals surface area contributed by atoms with Crippen molar-refractivity contribution in [3.8, 4) is 0 Å². The van der Waals surface area contributed by atoms with Gasteiger partial charge in [0.2, 0.25) is 0 Å². The van der Waals surface area contributed by atoms with Gasteiger partial charge >= 0.3 is 5.97 Å². The molecule has 88 valence electrons. The van der Waals surface area contributed by atoms with Crippen LogP contribution in [0, 0.1) is 0 Å². The van der Waals surface area contributed by atoms with Crippen LogP contribution in [0.5, 0.6) is 0 Å². The summed E-state index contributed by atoms with van der Waals surface area (Å²) in [5.74, 6) is -0.432. The van der Waals surface area contributed by atoms with Crippen LogP contribution >= 0.6 is 23.2 Å². The zero-order valence-corrected chi connectivity index (χ0v) is 10.4. The van der Waals surface area contributed by atoms with Gasteiger partial charge in [-0.2, -0.15) is 0 Å². The molecule has 0 aromatic heterocycles. The van der Waals surface area contributed by atoms with Crippen molar-refractivity contribution in [2.75, 3.05) is 12.3 Å². The molecule has 0 amide bonds. The van der Waals surface area contributed by atoms with E-state index in [1.54, 1.807) is 0 Å². The summed E-state index contributed by atoms with van der Waals surface area (Å²) in [6.07, 6.45) is 1.80. The standard InChI is InChI=1S/C11H13Cl2NO2/c1-2-3-4-16-11(15)7-5-8(12)10(13)9(14)6-7/h5-6H,2-4,14H2,1H3. The van der Waals surface area contributed by atoms with E-state index in [0.29, 0.717) is 12.2 Å². The van der Waals surface area contributed by atoms with E-state index in [2.05, 4.69) is 0 Å². The van der Waals surface area contributed by atoms with Gasteiger partial charge < -0.3 is 10.5 Å². The fraction of sp³-hybridized carbons (Fsp3) is 0.364. The summed E-state index contributed by atoms with van der Waals surface area (Å²) in [4.78, 5) is 11.6. The number of esters is 1. The minimum atomic E-state index is -0.432. The van der Waals surface area contributed by atoms with Crippen molar-refractivity contribution < 1.29 is 9.53 Å². The molecule has 1 aromatic rings. The molecular formula is C11H13Cl2NO2. The Morgan fingerprint density at radius 1 is 1.44 bits per heavy atom.